The Morgan fingerprint density at radius 3 is 2.69 bits per heavy atom. The highest BCUT2D eigenvalue weighted by atomic mass is 35.5. The number of ether oxygens (including phenoxy) is 2. The molecule has 1 unspecified atom stereocenters. The number of halogens is 4. The quantitative estimate of drug-likeness (QED) is 0.299. The van der Waals surface area contributed by atoms with E-state index in [-0.39, 0.29) is 40.9 Å². The number of pyridine rings is 1. The maximum absolute atomic E-state index is 15.1. The predicted molar refractivity (Wildman–Crippen MR) is 162 cm³/mol. The number of amides is 3. The largest absolute Gasteiger partial charge is 0.453 e. The summed E-state index contributed by atoms with van der Waals surface area (Å²) in [5, 5.41) is 5.27. The molecule has 2 aliphatic rings. The van der Waals surface area contributed by atoms with Gasteiger partial charge in [0, 0.05) is 36.0 Å². The first-order valence-corrected chi connectivity index (χ1v) is 14.6. The Labute approximate surface area is 262 Å². The molecule has 13 heteroatoms. The first kappa shape index (κ1) is 31.8. The Kier molecular flexibility index (Phi) is 9.62. The fourth-order valence-corrected chi connectivity index (χ4v) is 5.77. The number of rotatable bonds is 5. The van der Waals surface area contributed by atoms with Crippen LogP contribution in [-0.4, -0.2) is 48.1 Å². The highest BCUT2D eigenvalue weighted by Gasteiger charge is 2.31. The van der Waals surface area contributed by atoms with Crippen molar-refractivity contribution in [2.24, 2.45) is 5.92 Å². The van der Waals surface area contributed by atoms with Crippen molar-refractivity contribution in [3.63, 3.8) is 0 Å². The molecule has 2 bridgehead atoms. The molecule has 2 N–H and O–H groups in total. The van der Waals surface area contributed by atoms with Gasteiger partial charge < -0.3 is 19.7 Å². The van der Waals surface area contributed by atoms with Crippen LogP contribution in [-0.2, 0) is 14.3 Å². The Morgan fingerprint density at radius 2 is 1.96 bits per heavy atom. The topological polar surface area (TPSA) is 110 Å². The van der Waals surface area contributed by atoms with E-state index in [1.54, 1.807) is 29.3 Å². The first-order valence-electron chi connectivity index (χ1n) is 14.3. The Balaban J connectivity index is 1.52. The predicted octanol–water partition coefficient (Wildman–Crippen LogP) is 7.44. The van der Waals surface area contributed by atoms with Gasteiger partial charge in [0.1, 0.15) is 5.75 Å². The van der Waals surface area contributed by atoms with Gasteiger partial charge in [-0.05, 0) is 72.9 Å². The summed E-state index contributed by atoms with van der Waals surface area (Å²) in [6.45, 7) is -1.21. The second kappa shape index (κ2) is 13.6. The van der Waals surface area contributed by atoms with Crippen LogP contribution in [0.25, 0.3) is 16.8 Å². The van der Waals surface area contributed by atoms with Crippen LogP contribution in [0.2, 0.25) is 5.02 Å². The van der Waals surface area contributed by atoms with E-state index in [0.717, 1.165) is 17.7 Å². The van der Waals surface area contributed by atoms with Gasteiger partial charge in [-0.3, -0.25) is 19.9 Å². The molecule has 2 aromatic carbocycles. The Hall–Kier alpha value is -4.58. The summed E-state index contributed by atoms with van der Waals surface area (Å²) in [5.74, 6) is -2.36. The molecule has 2 atom stereocenters. The number of methoxy groups -OCH3 is 1. The van der Waals surface area contributed by atoms with E-state index in [1.807, 2.05) is 19.1 Å². The van der Waals surface area contributed by atoms with Crippen molar-refractivity contribution in [1.82, 2.24) is 9.88 Å². The number of hydrogen-bond donors (Lipinski definition) is 2. The molecule has 0 saturated heterocycles. The molecule has 3 aromatic rings. The van der Waals surface area contributed by atoms with Crippen molar-refractivity contribution in [2.45, 2.75) is 45.3 Å². The standard InChI is InChI=1S/C32H30ClF3N4O5/c1-17-4-3-5-25(40-13-11-19(15-27(40)41)28-26(45-31(35)36)9-8-22(33)29(28)34)18-10-12-37-23(14-18)21-7-6-20(38-32(43)44-2)16-24(21)39-30(17)42/h6-10,12,14-17,25,31H,3-5,11,13H2,1-2H3,(H,38,43)(H,39,42)/t17?,25-/m0/s1. The molecular weight excluding hydrogens is 613 g/mol. The van der Waals surface area contributed by atoms with Crippen LogP contribution >= 0.6 is 11.6 Å². The number of aromatic nitrogens is 1. The minimum absolute atomic E-state index is 0.161. The van der Waals surface area contributed by atoms with Crippen molar-refractivity contribution in [3.8, 4) is 17.0 Å². The van der Waals surface area contributed by atoms with Crippen molar-refractivity contribution in [2.75, 3.05) is 24.3 Å². The van der Waals surface area contributed by atoms with Gasteiger partial charge in [-0.2, -0.15) is 8.78 Å². The van der Waals surface area contributed by atoms with Crippen molar-refractivity contribution in [1.29, 1.82) is 0 Å². The van der Waals surface area contributed by atoms with Crippen LogP contribution < -0.4 is 15.4 Å². The molecule has 3 amide bonds. The van der Waals surface area contributed by atoms with Gasteiger partial charge >= 0.3 is 12.7 Å². The number of fused-ring (bicyclic) bond motifs is 4. The summed E-state index contributed by atoms with van der Waals surface area (Å²) in [4.78, 5) is 44.7. The molecule has 0 saturated carbocycles. The number of nitrogens with zero attached hydrogens (tertiary/aromatic N) is 2. The van der Waals surface area contributed by atoms with Crippen LogP contribution in [0.1, 0.15) is 49.8 Å². The highest BCUT2D eigenvalue weighted by Crippen LogP contribution is 2.40. The van der Waals surface area contributed by atoms with E-state index in [9.17, 15) is 23.2 Å². The molecule has 0 fully saturated rings. The monoisotopic (exact) mass is 642 g/mol. The fourth-order valence-electron chi connectivity index (χ4n) is 5.61. The van der Waals surface area contributed by atoms with Gasteiger partial charge in [-0.15, -0.1) is 0 Å². The molecule has 5 rings (SSSR count). The summed E-state index contributed by atoms with van der Waals surface area (Å²) < 4.78 is 50.4. The summed E-state index contributed by atoms with van der Waals surface area (Å²) in [6, 6.07) is 10.5. The third-order valence-electron chi connectivity index (χ3n) is 7.89. The van der Waals surface area contributed by atoms with Gasteiger partial charge in [0.05, 0.1) is 35.1 Å². The van der Waals surface area contributed by atoms with Gasteiger partial charge in [0.15, 0.2) is 5.82 Å². The smallest absolute Gasteiger partial charge is 0.411 e. The van der Waals surface area contributed by atoms with E-state index in [2.05, 4.69) is 25.1 Å². The number of benzene rings is 2. The molecule has 2 aliphatic heterocycles. The van der Waals surface area contributed by atoms with Crippen molar-refractivity contribution in [3.05, 3.63) is 76.7 Å². The fraction of sp³-hybridized carbons (Fsp3) is 0.312. The van der Waals surface area contributed by atoms with E-state index < -0.39 is 36.2 Å². The second-order valence-corrected chi connectivity index (χ2v) is 11.2. The normalized spacial score (nSPS) is 18.6. The number of nitrogens with one attached hydrogen (secondary N) is 2. The molecular formula is C32H30ClF3N4O5. The lowest BCUT2D eigenvalue weighted by Gasteiger charge is -2.35. The number of hydrogen-bond acceptors (Lipinski definition) is 6. The first-order chi connectivity index (χ1) is 21.5. The maximum Gasteiger partial charge on any atom is 0.411 e. The minimum Gasteiger partial charge on any atom is -0.453 e. The average Bonchev–Trinajstić information content (AvgIpc) is 3.01. The molecule has 45 heavy (non-hydrogen) atoms. The molecule has 236 valence electrons. The molecule has 0 radical (unpaired) electrons. The van der Waals surface area contributed by atoms with Crippen molar-refractivity contribution >= 4 is 46.5 Å². The lowest BCUT2D eigenvalue weighted by atomic mass is 9.91. The van der Waals surface area contributed by atoms with E-state index in [4.69, 9.17) is 11.6 Å². The lowest BCUT2D eigenvalue weighted by Crippen LogP contribution is -2.37. The molecule has 0 spiro atoms. The third kappa shape index (κ3) is 7.06. The molecule has 0 aliphatic carbocycles. The van der Waals surface area contributed by atoms with Crippen molar-refractivity contribution < 1.29 is 37.0 Å². The van der Waals surface area contributed by atoms with Crippen LogP contribution in [0.5, 0.6) is 5.75 Å². The summed E-state index contributed by atoms with van der Waals surface area (Å²) in [5.41, 5.74) is 2.71. The zero-order chi connectivity index (χ0) is 32.2. The van der Waals surface area contributed by atoms with Crippen LogP contribution in [0, 0.1) is 11.7 Å². The zero-order valence-electron chi connectivity index (χ0n) is 24.4. The molecule has 9 nitrogen and oxygen atoms in total. The van der Waals surface area contributed by atoms with E-state index >= 15 is 4.39 Å². The minimum atomic E-state index is -3.19. The van der Waals surface area contributed by atoms with Gasteiger partial charge in [0.25, 0.3) is 0 Å². The number of carbonyl (C=O) groups excluding carboxylic acids is 3. The van der Waals surface area contributed by atoms with E-state index in [1.165, 1.54) is 13.2 Å². The van der Waals surface area contributed by atoms with Gasteiger partial charge in [-0.25, -0.2) is 9.18 Å². The summed E-state index contributed by atoms with van der Waals surface area (Å²) in [6.07, 6.45) is 4.00. The number of alkyl halides is 2. The molecule has 3 heterocycles. The third-order valence-corrected chi connectivity index (χ3v) is 8.18. The number of carbonyl (C=O) groups is 3. The highest BCUT2D eigenvalue weighted by molar-refractivity contribution is 6.31. The van der Waals surface area contributed by atoms with Crippen LogP contribution in [0.15, 0.2) is 54.7 Å². The summed E-state index contributed by atoms with van der Waals surface area (Å²) >= 11 is 5.95. The van der Waals surface area contributed by atoms with Crippen LogP contribution in [0.4, 0.5) is 29.3 Å². The zero-order valence-corrected chi connectivity index (χ0v) is 25.2. The van der Waals surface area contributed by atoms with E-state index in [0.29, 0.717) is 41.9 Å². The molecule has 1 aromatic heterocycles. The SMILES string of the molecule is COC(=O)Nc1ccc2c(c1)NC(=O)C(C)CCC[C@H](N1CCC(c3c(OC(F)F)ccc(Cl)c3F)=CC1=O)c1ccnc-2c1. The Bertz CT molecular complexity index is 1670. The maximum atomic E-state index is 15.1. The Morgan fingerprint density at radius 1 is 1.16 bits per heavy atom. The van der Waals surface area contributed by atoms with Gasteiger partial charge in [0.2, 0.25) is 11.8 Å². The second-order valence-electron chi connectivity index (χ2n) is 10.8. The van der Waals surface area contributed by atoms with Crippen LogP contribution in [0.3, 0.4) is 0 Å². The number of anilines is 2. The lowest BCUT2D eigenvalue weighted by molar-refractivity contribution is -0.129. The average molecular weight is 643 g/mol. The summed E-state index contributed by atoms with van der Waals surface area (Å²) in [7, 11) is 1.25. The van der Waals surface area contributed by atoms with Gasteiger partial charge in [-0.1, -0.05) is 24.9 Å².